The van der Waals surface area contributed by atoms with Gasteiger partial charge in [-0.3, -0.25) is 9.10 Å². The fraction of sp³-hybridized carbons (Fsp3) is 0.0500. The molecule has 3 aromatic carbocycles. The molecule has 1 amide bonds. The second kappa shape index (κ2) is 8.82. The van der Waals surface area contributed by atoms with Crippen molar-refractivity contribution < 1.29 is 17.6 Å². The van der Waals surface area contributed by atoms with E-state index in [2.05, 4.69) is 5.32 Å². The minimum absolute atomic E-state index is 0.00657. The zero-order valence-electron chi connectivity index (χ0n) is 14.8. The SMILES string of the molecule is O=C(CN(c1ccc(F)cc1)S(=O)(=O)c1ccccc1)Nc1c(Cl)cccc1Cl. The molecule has 9 heteroatoms. The Morgan fingerprint density at radius 1 is 0.897 bits per heavy atom. The second-order valence-corrected chi connectivity index (χ2v) is 8.62. The molecule has 150 valence electrons. The molecule has 3 aromatic rings. The molecular formula is C20H15Cl2FN2O3S. The van der Waals surface area contributed by atoms with E-state index in [-0.39, 0.29) is 26.3 Å². The first-order chi connectivity index (χ1) is 13.8. The fourth-order valence-corrected chi connectivity index (χ4v) is 4.50. The molecule has 0 radical (unpaired) electrons. The normalized spacial score (nSPS) is 11.1. The van der Waals surface area contributed by atoms with Crippen LogP contribution in [0, 0.1) is 5.82 Å². The number of hydrogen-bond acceptors (Lipinski definition) is 3. The lowest BCUT2D eigenvalue weighted by molar-refractivity contribution is -0.114. The quantitative estimate of drug-likeness (QED) is 0.574. The van der Waals surface area contributed by atoms with Gasteiger partial charge >= 0.3 is 0 Å². The van der Waals surface area contributed by atoms with Gasteiger partial charge in [-0.15, -0.1) is 0 Å². The first-order valence-corrected chi connectivity index (χ1v) is 10.6. The van der Waals surface area contributed by atoms with E-state index in [0.717, 1.165) is 16.4 Å². The van der Waals surface area contributed by atoms with E-state index in [1.165, 1.54) is 24.3 Å². The van der Waals surface area contributed by atoms with Crippen LogP contribution < -0.4 is 9.62 Å². The molecule has 0 saturated carbocycles. The van der Waals surface area contributed by atoms with Crippen LogP contribution in [0.15, 0.2) is 77.7 Å². The van der Waals surface area contributed by atoms with Gasteiger partial charge in [0.25, 0.3) is 10.0 Å². The molecule has 29 heavy (non-hydrogen) atoms. The number of para-hydroxylation sites is 1. The van der Waals surface area contributed by atoms with Crippen LogP contribution in [-0.2, 0) is 14.8 Å². The summed E-state index contributed by atoms with van der Waals surface area (Å²) in [5, 5.41) is 2.96. The minimum Gasteiger partial charge on any atom is -0.322 e. The number of benzene rings is 3. The predicted molar refractivity (Wildman–Crippen MR) is 112 cm³/mol. The number of halogens is 3. The smallest absolute Gasteiger partial charge is 0.264 e. The lowest BCUT2D eigenvalue weighted by Gasteiger charge is -2.24. The van der Waals surface area contributed by atoms with Gasteiger partial charge in [-0.05, 0) is 48.5 Å². The Morgan fingerprint density at radius 3 is 2.07 bits per heavy atom. The summed E-state index contributed by atoms with van der Waals surface area (Å²) in [4.78, 5) is 12.6. The molecule has 0 aromatic heterocycles. The largest absolute Gasteiger partial charge is 0.322 e. The molecule has 0 aliphatic rings. The molecule has 0 aliphatic carbocycles. The van der Waals surface area contributed by atoms with Crippen molar-refractivity contribution in [1.82, 2.24) is 0 Å². The van der Waals surface area contributed by atoms with Crippen LogP contribution in [0.3, 0.4) is 0 Å². The number of carbonyl (C=O) groups excluding carboxylic acids is 1. The molecule has 0 atom stereocenters. The lowest BCUT2D eigenvalue weighted by Crippen LogP contribution is -2.38. The molecule has 0 spiro atoms. The number of nitrogens with zero attached hydrogens (tertiary/aromatic N) is 1. The summed E-state index contributed by atoms with van der Waals surface area (Å²) in [7, 11) is -4.09. The first-order valence-electron chi connectivity index (χ1n) is 8.36. The van der Waals surface area contributed by atoms with Gasteiger partial charge in [-0.1, -0.05) is 47.5 Å². The molecule has 3 rings (SSSR count). The van der Waals surface area contributed by atoms with Gasteiger partial charge in [0.2, 0.25) is 5.91 Å². The highest BCUT2D eigenvalue weighted by Crippen LogP contribution is 2.30. The van der Waals surface area contributed by atoms with E-state index in [1.54, 1.807) is 36.4 Å². The standard InChI is InChI=1S/C20H15Cl2FN2O3S/c21-17-7-4-8-18(22)20(17)24-19(26)13-25(15-11-9-14(23)10-12-15)29(27,28)16-5-2-1-3-6-16/h1-12H,13H2,(H,24,26). The van der Waals surface area contributed by atoms with Gasteiger partial charge in [-0.25, -0.2) is 12.8 Å². The Balaban J connectivity index is 1.96. The number of amides is 1. The monoisotopic (exact) mass is 452 g/mol. The van der Waals surface area contributed by atoms with Crippen LogP contribution in [0.4, 0.5) is 15.8 Å². The number of carbonyl (C=O) groups is 1. The Kier molecular flexibility index (Phi) is 6.42. The summed E-state index contributed by atoms with van der Waals surface area (Å²) in [5.74, 6) is -1.19. The van der Waals surface area contributed by atoms with Crippen molar-refractivity contribution in [2.24, 2.45) is 0 Å². The molecule has 0 unspecified atom stereocenters. The number of anilines is 2. The van der Waals surface area contributed by atoms with Crippen LogP contribution in [0.2, 0.25) is 10.0 Å². The van der Waals surface area contributed by atoms with E-state index < -0.39 is 28.3 Å². The molecule has 1 N–H and O–H groups in total. The van der Waals surface area contributed by atoms with Crippen LogP contribution >= 0.6 is 23.2 Å². The maximum absolute atomic E-state index is 13.3. The highest BCUT2D eigenvalue weighted by Gasteiger charge is 2.27. The average molecular weight is 453 g/mol. The number of hydrogen-bond donors (Lipinski definition) is 1. The summed E-state index contributed by atoms with van der Waals surface area (Å²) < 4.78 is 40.5. The van der Waals surface area contributed by atoms with Gasteiger partial charge in [0, 0.05) is 0 Å². The van der Waals surface area contributed by atoms with Crippen molar-refractivity contribution in [3.63, 3.8) is 0 Å². The van der Waals surface area contributed by atoms with E-state index in [9.17, 15) is 17.6 Å². The zero-order chi connectivity index (χ0) is 21.0. The Hall–Kier alpha value is -2.61. The third kappa shape index (κ3) is 4.87. The maximum Gasteiger partial charge on any atom is 0.264 e. The fourth-order valence-electron chi connectivity index (χ4n) is 2.57. The van der Waals surface area contributed by atoms with Crippen molar-refractivity contribution in [3.8, 4) is 0 Å². The topological polar surface area (TPSA) is 66.5 Å². The minimum atomic E-state index is -4.09. The van der Waals surface area contributed by atoms with Gasteiger partial charge in [0.15, 0.2) is 0 Å². The number of rotatable bonds is 6. The predicted octanol–water partition coefficient (Wildman–Crippen LogP) is 4.97. The van der Waals surface area contributed by atoms with Crippen molar-refractivity contribution in [2.75, 3.05) is 16.2 Å². The van der Waals surface area contributed by atoms with E-state index in [1.807, 2.05) is 0 Å². The summed E-state index contributed by atoms with van der Waals surface area (Å²) in [6.07, 6.45) is 0. The van der Waals surface area contributed by atoms with Crippen molar-refractivity contribution in [1.29, 1.82) is 0 Å². The number of nitrogens with one attached hydrogen (secondary N) is 1. The zero-order valence-corrected chi connectivity index (χ0v) is 17.2. The molecule has 0 fully saturated rings. The lowest BCUT2D eigenvalue weighted by atomic mass is 10.3. The van der Waals surface area contributed by atoms with Crippen LogP contribution in [0.5, 0.6) is 0 Å². The molecule has 0 heterocycles. The third-order valence-corrected chi connectivity index (χ3v) is 6.38. The molecular weight excluding hydrogens is 438 g/mol. The molecule has 0 bridgehead atoms. The summed E-state index contributed by atoms with van der Waals surface area (Å²) in [6, 6.07) is 17.1. The highest BCUT2D eigenvalue weighted by molar-refractivity contribution is 7.92. The highest BCUT2D eigenvalue weighted by atomic mass is 35.5. The Bertz CT molecular complexity index is 1100. The Morgan fingerprint density at radius 2 is 1.48 bits per heavy atom. The van der Waals surface area contributed by atoms with Crippen molar-refractivity contribution in [3.05, 3.63) is 88.7 Å². The molecule has 0 saturated heterocycles. The van der Waals surface area contributed by atoms with Gasteiger partial charge in [0.1, 0.15) is 12.4 Å². The van der Waals surface area contributed by atoms with Gasteiger partial charge in [-0.2, -0.15) is 0 Å². The van der Waals surface area contributed by atoms with Crippen LogP contribution in [0.25, 0.3) is 0 Å². The van der Waals surface area contributed by atoms with Crippen molar-refractivity contribution in [2.45, 2.75) is 4.90 Å². The number of sulfonamides is 1. The van der Waals surface area contributed by atoms with Crippen LogP contribution in [-0.4, -0.2) is 20.9 Å². The summed E-state index contributed by atoms with van der Waals surface area (Å²) >= 11 is 12.1. The molecule has 0 aliphatic heterocycles. The first kappa shape index (κ1) is 21.1. The average Bonchev–Trinajstić information content (AvgIpc) is 2.70. The third-order valence-electron chi connectivity index (χ3n) is 3.96. The van der Waals surface area contributed by atoms with E-state index in [0.29, 0.717) is 0 Å². The Labute approximate surface area is 177 Å². The van der Waals surface area contributed by atoms with Gasteiger partial charge < -0.3 is 5.32 Å². The van der Waals surface area contributed by atoms with E-state index in [4.69, 9.17) is 23.2 Å². The van der Waals surface area contributed by atoms with E-state index >= 15 is 0 Å². The summed E-state index contributed by atoms with van der Waals surface area (Å²) in [6.45, 7) is -0.565. The van der Waals surface area contributed by atoms with Crippen LogP contribution in [0.1, 0.15) is 0 Å². The van der Waals surface area contributed by atoms with Crippen molar-refractivity contribution >= 4 is 50.5 Å². The summed E-state index contributed by atoms with van der Waals surface area (Å²) in [5.41, 5.74) is 0.313. The van der Waals surface area contributed by atoms with Gasteiger partial charge in [0.05, 0.1) is 26.3 Å². The molecule has 5 nitrogen and oxygen atoms in total. The second-order valence-electron chi connectivity index (χ2n) is 5.95. The maximum atomic E-state index is 13.3.